The van der Waals surface area contributed by atoms with E-state index in [1.54, 1.807) is 0 Å². The second-order valence-corrected chi connectivity index (χ2v) is 3.25. The molecular formula is C8H15BF4N2. The van der Waals surface area contributed by atoms with Gasteiger partial charge >= 0.3 is 7.25 Å². The molecule has 0 aromatic heterocycles. The zero-order chi connectivity index (χ0) is 12.1. The van der Waals surface area contributed by atoms with Crippen LogP contribution >= 0.6 is 0 Å². The summed E-state index contributed by atoms with van der Waals surface area (Å²) in [6, 6.07) is 0. The number of hydrogen-bond donors (Lipinski definition) is 1. The number of rotatable bonds is 2. The summed E-state index contributed by atoms with van der Waals surface area (Å²) in [6.45, 7) is 7.50. The van der Waals surface area contributed by atoms with Crippen molar-refractivity contribution in [2.24, 2.45) is 4.99 Å². The molecule has 0 saturated heterocycles. The van der Waals surface area contributed by atoms with Gasteiger partial charge in [-0.1, -0.05) is 6.92 Å². The van der Waals surface area contributed by atoms with Crippen molar-refractivity contribution in [1.82, 2.24) is 0 Å². The molecule has 0 saturated carbocycles. The van der Waals surface area contributed by atoms with E-state index in [0.717, 1.165) is 5.70 Å². The molecule has 1 aliphatic rings. The van der Waals surface area contributed by atoms with Crippen molar-refractivity contribution >= 4 is 13.1 Å². The normalized spacial score (nSPS) is 20.3. The summed E-state index contributed by atoms with van der Waals surface area (Å²) in [5.41, 5.74) is 1.15. The lowest BCUT2D eigenvalue weighted by Crippen LogP contribution is -3.08. The summed E-state index contributed by atoms with van der Waals surface area (Å²) < 4.78 is 39.0. The van der Waals surface area contributed by atoms with E-state index in [2.05, 4.69) is 25.0 Å². The van der Waals surface area contributed by atoms with Crippen molar-refractivity contribution in [3.8, 4) is 0 Å². The first-order chi connectivity index (χ1) is 6.74. The Morgan fingerprint density at radius 3 is 2.00 bits per heavy atom. The molecule has 0 bridgehead atoms. The first-order valence-electron chi connectivity index (χ1n) is 4.71. The molecule has 0 radical (unpaired) electrons. The molecule has 15 heavy (non-hydrogen) atoms. The average Bonchev–Trinajstić information content (AvgIpc) is 2.27. The van der Waals surface area contributed by atoms with Gasteiger partial charge in [-0.15, -0.1) is 0 Å². The monoisotopic (exact) mass is 226 g/mol. The lowest BCUT2D eigenvalue weighted by atomic mass is 10.3. The maximum Gasteiger partial charge on any atom is 0.673 e. The van der Waals surface area contributed by atoms with Crippen molar-refractivity contribution in [3.63, 3.8) is 0 Å². The lowest BCUT2D eigenvalue weighted by Gasteiger charge is -2.06. The highest BCUT2D eigenvalue weighted by Gasteiger charge is 2.20. The molecule has 88 valence electrons. The number of halogens is 4. The molecule has 0 aromatic carbocycles. The van der Waals surface area contributed by atoms with Gasteiger partial charge in [0.05, 0.1) is 12.2 Å². The number of aliphatic imine (C=N–C) groups is 1. The molecule has 0 amide bonds. The molecule has 1 N–H and O–H groups in total. The van der Waals surface area contributed by atoms with Gasteiger partial charge in [-0.3, -0.25) is 4.90 Å². The van der Waals surface area contributed by atoms with E-state index in [4.69, 9.17) is 0 Å². The van der Waals surface area contributed by atoms with Gasteiger partial charge in [0, 0.05) is 6.92 Å². The van der Waals surface area contributed by atoms with Gasteiger partial charge in [0.25, 0.3) is 0 Å². The van der Waals surface area contributed by atoms with Crippen molar-refractivity contribution in [1.29, 1.82) is 0 Å². The predicted octanol–water partition coefficient (Wildman–Crippen LogP) is 1.87. The van der Waals surface area contributed by atoms with Crippen LogP contribution in [-0.4, -0.2) is 19.6 Å². The van der Waals surface area contributed by atoms with E-state index in [1.165, 1.54) is 23.7 Å². The SMILES string of the molecule is CCC[NH+]1C=C(C)N=C1C.F[B-](F)(F)F. The van der Waals surface area contributed by atoms with Crippen LogP contribution < -0.4 is 4.90 Å². The summed E-state index contributed by atoms with van der Waals surface area (Å²) >= 11 is 0. The molecular weight excluding hydrogens is 211 g/mol. The number of amidine groups is 1. The minimum Gasteiger partial charge on any atom is -0.418 e. The van der Waals surface area contributed by atoms with E-state index in [0.29, 0.717) is 0 Å². The van der Waals surface area contributed by atoms with Gasteiger partial charge in [-0.05, 0) is 13.3 Å². The number of nitrogens with zero attached hydrogens (tertiary/aromatic N) is 1. The van der Waals surface area contributed by atoms with Gasteiger partial charge in [0.15, 0.2) is 0 Å². The van der Waals surface area contributed by atoms with Crippen LogP contribution in [0.2, 0.25) is 0 Å². The Morgan fingerprint density at radius 2 is 1.73 bits per heavy atom. The Hall–Kier alpha value is -0.845. The van der Waals surface area contributed by atoms with Crippen molar-refractivity contribution in [3.05, 3.63) is 11.9 Å². The fourth-order valence-electron chi connectivity index (χ4n) is 1.25. The van der Waals surface area contributed by atoms with E-state index in [-0.39, 0.29) is 0 Å². The molecule has 0 aliphatic carbocycles. The van der Waals surface area contributed by atoms with Crippen LogP contribution in [0.5, 0.6) is 0 Å². The highest BCUT2D eigenvalue weighted by molar-refractivity contribution is 6.50. The molecule has 1 aliphatic heterocycles. The highest BCUT2D eigenvalue weighted by Crippen LogP contribution is 2.06. The zero-order valence-electron chi connectivity index (χ0n) is 9.03. The molecule has 0 fully saturated rings. The van der Waals surface area contributed by atoms with Crippen LogP contribution in [-0.2, 0) is 0 Å². The maximum atomic E-state index is 9.75. The van der Waals surface area contributed by atoms with Gasteiger partial charge in [0.2, 0.25) is 5.84 Å². The largest absolute Gasteiger partial charge is 0.673 e. The summed E-state index contributed by atoms with van der Waals surface area (Å²) in [7, 11) is -6.00. The van der Waals surface area contributed by atoms with Crippen molar-refractivity contribution in [2.45, 2.75) is 27.2 Å². The molecule has 7 heteroatoms. The van der Waals surface area contributed by atoms with Crippen LogP contribution in [0.25, 0.3) is 0 Å². The van der Waals surface area contributed by atoms with Crippen molar-refractivity contribution in [2.75, 3.05) is 6.54 Å². The zero-order valence-corrected chi connectivity index (χ0v) is 9.03. The molecule has 1 heterocycles. The number of quaternary nitrogens is 1. The second kappa shape index (κ2) is 5.90. The Labute approximate surface area is 86.8 Å². The third kappa shape index (κ3) is 8.17. The Morgan fingerprint density at radius 1 is 1.27 bits per heavy atom. The topological polar surface area (TPSA) is 16.8 Å². The van der Waals surface area contributed by atoms with Crippen LogP contribution in [0.3, 0.4) is 0 Å². The Balaban J connectivity index is 0.000000336. The standard InChI is InChI=1S/C8H14N2.BF4/c1-4-5-10-6-7(2)9-8(10)3;2-1(3,4)5/h6H,4-5H2,1-3H3;/q;-1/p+1. The first kappa shape index (κ1) is 14.2. The number of hydrogen-bond acceptors (Lipinski definition) is 1. The molecule has 1 atom stereocenters. The van der Waals surface area contributed by atoms with Gasteiger partial charge in [-0.25, -0.2) is 4.99 Å². The average molecular weight is 226 g/mol. The summed E-state index contributed by atoms with van der Waals surface area (Å²) in [4.78, 5) is 5.75. The van der Waals surface area contributed by atoms with Crippen molar-refractivity contribution < 1.29 is 22.2 Å². The predicted molar refractivity (Wildman–Crippen MR) is 53.2 cm³/mol. The van der Waals surface area contributed by atoms with E-state index in [1.807, 2.05) is 6.92 Å². The second-order valence-electron chi connectivity index (χ2n) is 3.25. The fourth-order valence-corrected chi connectivity index (χ4v) is 1.25. The third-order valence-electron chi connectivity index (χ3n) is 1.71. The van der Waals surface area contributed by atoms with Crippen LogP contribution in [0.4, 0.5) is 17.3 Å². The van der Waals surface area contributed by atoms with E-state index in [9.17, 15) is 17.3 Å². The Kier molecular flexibility index (Phi) is 5.56. The molecule has 1 unspecified atom stereocenters. The quantitative estimate of drug-likeness (QED) is 0.546. The summed E-state index contributed by atoms with van der Waals surface area (Å²) in [5, 5.41) is 0. The molecule has 0 spiro atoms. The van der Waals surface area contributed by atoms with Crippen LogP contribution in [0.15, 0.2) is 16.9 Å². The molecule has 2 nitrogen and oxygen atoms in total. The van der Waals surface area contributed by atoms with Gasteiger partial charge in [0.1, 0.15) is 6.20 Å². The molecule has 0 aromatic rings. The van der Waals surface area contributed by atoms with Gasteiger partial charge in [-0.2, -0.15) is 0 Å². The summed E-state index contributed by atoms with van der Waals surface area (Å²) in [6.07, 6.45) is 3.39. The van der Waals surface area contributed by atoms with E-state index >= 15 is 0 Å². The lowest BCUT2D eigenvalue weighted by molar-refractivity contribution is -0.745. The van der Waals surface area contributed by atoms with Crippen LogP contribution in [0, 0.1) is 0 Å². The van der Waals surface area contributed by atoms with Gasteiger partial charge < -0.3 is 17.3 Å². The minimum atomic E-state index is -6.00. The molecule has 1 rings (SSSR count). The van der Waals surface area contributed by atoms with E-state index < -0.39 is 7.25 Å². The maximum absolute atomic E-state index is 9.75. The third-order valence-corrected chi connectivity index (χ3v) is 1.71. The fraction of sp³-hybridized carbons (Fsp3) is 0.625. The smallest absolute Gasteiger partial charge is 0.418 e. The van der Waals surface area contributed by atoms with Crippen LogP contribution in [0.1, 0.15) is 27.2 Å². The summed E-state index contributed by atoms with van der Waals surface area (Å²) in [5.74, 6) is 1.21. The number of allylic oxidation sites excluding steroid dienone is 1. The first-order valence-corrected chi connectivity index (χ1v) is 4.71. The number of nitrogens with one attached hydrogen (secondary N) is 1. The Bertz CT molecular complexity index is 254. The minimum absolute atomic E-state index is 1.15. The highest BCUT2D eigenvalue weighted by atomic mass is 19.5.